The van der Waals surface area contributed by atoms with E-state index in [-0.39, 0.29) is 5.78 Å². The predicted molar refractivity (Wildman–Crippen MR) is 61.9 cm³/mol. The van der Waals surface area contributed by atoms with Crippen LogP contribution in [0.15, 0.2) is 30.3 Å². The van der Waals surface area contributed by atoms with Gasteiger partial charge in [-0.1, -0.05) is 30.4 Å². The van der Waals surface area contributed by atoms with E-state index in [0.717, 1.165) is 11.3 Å². The van der Waals surface area contributed by atoms with Crippen molar-refractivity contribution >= 4 is 11.9 Å². The molecule has 0 bridgehead atoms. The second-order valence-electron chi connectivity index (χ2n) is 3.41. The van der Waals surface area contributed by atoms with Crippen LogP contribution in [0.5, 0.6) is 5.75 Å². The number of Topliss-reactive ketones (excluding diaryl/α,β-unsaturated/α-hetero) is 1. The van der Waals surface area contributed by atoms with E-state index in [1.54, 1.807) is 6.92 Å². The highest BCUT2D eigenvalue weighted by Gasteiger charge is 2.10. The fourth-order valence-electron chi connectivity index (χ4n) is 1.18. The summed E-state index contributed by atoms with van der Waals surface area (Å²) in [4.78, 5) is 11.1. The zero-order chi connectivity index (χ0) is 11.3. The summed E-state index contributed by atoms with van der Waals surface area (Å²) >= 11 is 0. The molecule has 0 heterocycles. The van der Waals surface area contributed by atoms with Gasteiger partial charge in [-0.05, 0) is 26.8 Å². The predicted octanol–water partition coefficient (Wildman–Crippen LogP) is 3.08. The molecule has 1 aromatic rings. The molecule has 80 valence electrons. The van der Waals surface area contributed by atoms with Crippen LogP contribution in [0, 0.1) is 0 Å². The van der Waals surface area contributed by atoms with E-state index in [2.05, 4.69) is 0 Å². The fourth-order valence-corrected chi connectivity index (χ4v) is 1.18. The van der Waals surface area contributed by atoms with Gasteiger partial charge in [0.2, 0.25) is 0 Å². The second kappa shape index (κ2) is 5.35. The molecule has 0 amide bonds. The molecule has 0 aromatic heterocycles. The molecule has 1 rings (SSSR count). The van der Waals surface area contributed by atoms with Gasteiger partial charge in [-0.2, -0.15) is 0 Å². The minimum absolute atomic E-state index is 0.0327. The van der Waals surface area contributed by atoms with Crippen molar-refractivity contribution in [2.75, 3.05) is 0 Å². The van der Waals surface area contributed by atoms with Gasteiger partial charge in [0.05, 0.1) is 0 Å². The van der Waals surface area contributed by atoms with Gasteiger partial charge >= 0.3 is 0 Å². The number of para-hydroxylation sites is 1. The molecule has 0 aliphatic rings. The van der Waals surface area contributed by atoms with Crippen LogP contribution < -0.4 is 4.74 Å². The molecule has 15 heavy (non-hydrogen) atoms. The Bertz CT molecular complexity index is 367. The molecule has 0 N–H and O–H groups in total. The maximum Gasteiger partial charge on any atom is 0.169 e. The Morgan fingerprint density at radius 2 is 2.07 bits per heavy atom. The molecule has 0 saturated carbocycles. The molecule has 0 radical (unpaired) electrons. The van der Waals surface area contributed by atoms with E-state index in [4.69, 9.17) is 4.74 Å². The monoisotopic (exact) mass is 204 g/mol. The van der Waals surface area contributed by atoms with Gasteiger partial charge in [-0.15, -0.1) is 0 Å². The highest BCUT2D eigenvalue weighted by Crippen LogP contribution is 2.20. The van der Waals surface area contributed by atoms with Crippen molar-refractivity contribution in [3.8, 4) is 5.75 Å². The van der Waals surface area contributed by atoms with Crippen molar-refractivity contribution < 1.29 is 9.53 Å². The molecule has 1 unspecified atom stereocenters. The summed E-state index contributed by atoms with van der Waals surface area (Å²) in [5.41, 5.74) is 0.994. The van der Waals surface area contributed by atoms with E-state index < -0.39 is 6.10 Å². The largest absolute Gasteiger partial charge is 0.482 e. The van der Waals surface area contributed by atoms with Gasteiger partial charge in [-0.25, -0.2) is 0 Å². The Morgan fingerprint density at radius 1 is 1.40 bits per heavy atom. The zero-order valence-corrected chi connectivity index (χ0v) is 9.36. The molecular weight excluding hydrogens is 188 g/mol. The summed E-state index contributed by atoms with van der Waals surface area (Å²) in [6.45, 7) is 5.24. The number of ketones is 1. The molecule has 0 aliphatic carbocycles. The minimum Gasteiger partial charge on any atom is -0.482 e. The summed E-state index contributed by atoms with van der Waals surface area (Å²) in [7, 11) is 0. The van der Waals surface area contributed by atoms with E-state index in [1.165, 1.54) is 6.92 Å². The highest BCUT2D eigenvalue weighted by atomic mass is 16.5. The number of benzene rings is 1. The standard InChI is InChI=1S/C13H16O2/c1-4-7-12-8-5-6-9-13(12)15-11(3)10(2)14/h4-9,11H,1-3H3/b7-4-. The normalized spacial score (nSPS) is 12.7. The molecule has 2 nitrogen and oxygen atoms in total. The van der Waals surface area contributed by atoms with Gasteiger partial charge in [0, 0.05) is 5.56 Å². The zero-order valence-electron chi connectivity index (χ0n) is 9.36. The van der Waals surface area contributed by atoms with Gasteiger partial charge in [-0.3, -0.25) is 4.79 Å². The Morgan fingerprint density at radius 3 is 2.67 bits per heavy atom. The molecule has 0 spiro atoms. The number of hydrogen-bond donors (Lipinski definition) is 0. The van der Waals surface area contributed by atoms with Crippen LogP contribution in [0.1, 0.15) is 26.3 Å². The summed E-state index contributed by atoms with van der Waals surface area (Å²) in [5.74, 6) is 0.781. The van der Waals surface area contributed by atoms with Crippen LogP contribution in [0.25, 0.3) is 6.08 Å². The van der Waals surface area contributed by atoms with E-state index in [0.29, 0.717) is 0 Å². The van der Waals surface area contributed by atoms with Gasteiger partial charge in [0.15, 0.2) is 11.9 Å². The molecule has 1 atom stereocenters. The third kappa shape index (κ3) is 3.24. The summed E-state index contributed by atoms with van der Waals surface area (Å²) < 4.78 is 5.56. The Labute approximate surface area is 90.6 Å². The smallest absolute Gasteiger partial charge is 0.169 e. The van der Waals surface area contributed by atoms with Crippen molar-refractivity contribution in [2.24, 2.45) is 0 Å². The van der Waals surface area contributed by atoms with Crippen LogP contribution in [0.3, 0.4) is 0 Å². The minimum atomic E-state index is -0.392. The molecule has 0 aliphatic heterocycles. The average molecular weight is 204 g/mol. The van der Waals surface area contributed by atoms with Gasteiger partial charge in [0.1, 0.15) is 5.75 Å². The average Bonchev–Trinajstić information content (AvgIpc) is 2.21. The maximum atomic E-state index is 11.1. The van der Waals surface area contributed by atoms with E-state index in [1.807, 2.05) is 43.3 Å². The molecule has 0 saturated heterocycles. The third-order valence-corrected chi connectivity index (χ3v) is 2.14. The Hall–Kier alpha value is -1.57. The summed E-state index contributed by atoms with van der Waals surface area (Å²) in [6.07, 6.45) is 3.51. The van der Waals surface area contributed by atoms with Crippen LogP contribution in [-0.4, -0.2) is 11.9 Å². The lowest BCUT2D eigenvalue weighted by Gasteiger charge is -2.13. The molecule has 2 heteroatoms. The quantitative estimate of drug-likeness (QED) is 0.753. The van der Waals surface area contributed by atoms with E-state index in [9.17, 15) is 4.79 Å². The maximum absolute atomic E-state index is 11.1. The Balaban J connectivity index is 2.88. The molecule has 0 fully saturated rings. The van der Waals surface area contributed by atoms with E-state index >= 15 is 0 Å². The van der Waals surface area contributed by atoms with Crippen molar-refractivity contribution in [1.82, 2.24) is 0 Å². The lowest BCUT2D eigenvalue weighted by molar-refractivity contribution is -0.122. The second-order valence-corrected chi connectivity index (χ2v) is 3.41. The van der Waals surface area contributed by atoms with Crippen molar-refractivity contribution in [3.63, 3.8) is 0 Å². The van der Waals surface area contributed by atoms with Crippen LogP contribution in [-0.2, 0) is 4.79 Å². The first-order valence-corrected chi connectivity index (χ1v) is 5.04. The van der Waals surface area contributed by atoms with Gasteiger partial charge < -0.3 is 4.74 Å². The summed E-state index contributed by atoms with van der Waals surface area (Å²) in [6, 6.07) is 7.67. The fraction of sp³-hybridized carbons (Fsp3) is 0.308. The summed E-state index contributed by atoms with van der Waals surface area (Å²) in [5, 5.41) is 0. The lowest BCUT2D eigenvalue weighted by atomic mass is 10.2. The number of carbonyl (C=O) groups is 1. The third-order valence-electron chi connectivity index (χ3n) is 2.14. The van der Waals surface area contributed by atoms with Crippen LogP contribution >= 0.6 is 0 Å². The van der Waals surface area contributed by atoms with Crippen molar-refractivity contribution in [1.29, 1.82) is 0 Å². The first-order valence-electron chi connectivity index (χ1n) is 5.04. The lowest BCUT2D eigenvalue weighted by Crippen LogP contribution is -2.20. The SMILES string of the molecule is C/C=C\c1ccccc1OC(C)C(C)=O. The first kappa shape index (κ1) is 11.5. The van der Waals surface area contributed by atoms with Crippen molar-refractivity contribution in [2.45, 2.75) is 26.9 Å². The number of ether oxygens (including phenoxy) is 1. The molecule has 1 aromatic carbocycles. The number of rotatable bonds is 4. The van der Waals surface area contributed by atoms with Crippen molar-refractivity contribution in [3.05, 3.63) is 35.9 Å². The topological polar surface area (TPSA) is 26.3 Å². The number of allylic oxidation sites excluding steroid dienone is 1. The number of hydrogen-bond acceptors (Lipinski definition) is 2. The highest BCUT2D eigenvalue weighted by molar-refractivity contribution is 5.80. The van der Waals surface area contributed by atoms with Crippen LogP contribution in [0.2, 0.25) is 0 Å². The van der Waals surface area contributed by atoms with Gasteiger partial charge in [0.25, 0.3) is 0 Å². The first-order chi connectivity index (χ1) is 7.15. The Kier molecular flexibility index (Phi) is 4.10. The van der Waals surface area contributed by atoms with Crippen LogP contribution in [0.4, 0.5) is 0 Å². The molecular formula is C13H16O2. The number of carbonyl (C=O) groups excluding carboxylic acids is 1.